The number of anilines is 1. The van der Waals surface area contributed by atoms with Gasteiger partial charge in [0.2, 0.25) is 15.9 Å². The number of hydrogen-bond acceptors (Lipinski definition) is 6. The van der Waals surface area contributed by atoms with Crippen LogP contribution in [0, 0.1) is 0 Å². The Kier molecular flexibility index (Phi) is 7.32. The van der Waals surface area contributed by atoms with Gasteiger partial charge in [0.15, 0.2) is 0 Å². The molecular weight excluding hydrogens is 458 g/mol. The predicted octanol–water partition coefficient (Wildman–Crippen LogP) is 4.35. The van der Waals surface area contributed by atoms with Crippen molar-refractivity contribution in [2.24, 2.45) is 0 Å². The number of ether oxygens (including phenoxy) is 1. The lowest BCUT2D eigenvalue weighted by Crippen LogP contribution is -2.27. The number of hydrogen-bond donors (Lipinski definition) is 1. The topological polar surface area (TPSA) is 88.6 Å². The highest BCUT2D eigenvalue weighted by molar-refractivity contribution is 8.00. The maximum absolute atomic E-state index is 13.2. The Morgan fingerprint density at radius 1 is 1.06 bits per heavy atom. The first-order valence-electron chi connectivity index (χ1n) is 10.6. The van der Waals surface area contributed by atoms with Crippen LogP contribution < -0.4 is 10.1 Å². The molecule has 2 aromatic carbocycles. The molecule has 4 rings (SSSR count). The van der Waals surface area contributed by atoms with Crippen LogP contribution in [0.15, 0.2) is 82.8 Å². The van der Waals surface area contributed by atoms with Crippen molar-refractivity contribution in [1.82, 2.24) is 9.29 Å². The number of nitrogens with zero attached hydrogens (tertiary/aromatic N) is 2. The summed E-state index contributed by atoms with van der Waals surface area (Å²) in [4.78, 5) is 17.7. The van der Waals surface area contributed by atoms with E-state index in [1.807, 2.05) is 30.3 Å². The van der Waals surface area contributed by atoms with E-state index in [0.29, 0.717) is 29.6 Å². The minimum atomic E-state index is -3.53. The van der Waals surface area contributed by atoms with Crippen LogP contribution in [0.25, 0.3) is 0 Å². The molecular formula is C24H25N3O4S2. The van der Waals surface area contributed by atoms with Gasteiger partial charge in [-0.25, -0.2) is 13.4 Å². The Labute approximate surface area is 198 Å². The molecule has 1 fully saturated rings. The highest BCUT2D eigenvalue weighted by Crippen LogP contribution is 2.36. The summed E-state index contributed by atoms with van der Waals surface area (Å²) in [5.74, 6) is 0.434. The molecule has 2 heterocycles. The number of benzene rings is 2. The fraction of sp³-hybridized carbons (Fsp3) is 0.250. The molecule has 1 saturated heterocycles. The number of aromatic nitrogens is 1. The van der Waals surface area contributed by atoms with Gasteiger partial charge < -0.3 is 10.1 Å². The number of sulfonamides is 1. The fourth-order valence-electron chi connectivity index (χ4n) is 3.60. The molecule has 1 atom stereocenters. The molecule has 3 aromatic rings. The largest absolute Gasteiger partial charge is 0.497 e. The number of nitrogens with one attached hydrogen (secondary N) is 1. The van der Waals surface area contributed by atoms with Gasteiger partial charge in [0, 0.05) is 31.0 Å². The fourth-order valence-corrected chi connectivity index (χ4v) is 6.02. The van der Waals surface area contributed by atoms with E-state index >= 15 is 0 Å². The maximum Gasteiger partial charge on any atom is 0.244 e. The quantitative estimate of drug-likeness (QED) is 0.480. The Balaban J connectivity index is 1.55. The lowest BCUT2D eigenvalue weighted by atomic mass is 10.1. The number of amides is 1. The molecule has 9 heteroatoms. The third-order valence-electron chi connectivity index (χ3n) is 5.33. The summed E-state index contributed by atoms with van der Waals surface area (Å²) in [7, 11) is -1.96. The predicted molar refractivity (Wildman–Crippen MR) is 129 cm³/mol. The molecule has 0 bridgehead atoms. The van der Waals surface area contributed by atoms with Gasteiger partial charge in [-0.2, -0.15) is 4.31 Å². The normalized spacial score (nSPS) is 15.2. The van der Waals surface area contributed by atoms with Crippen molar-refractivity contribution in [3.63, 3.8) is 0 Å². The summed E-state index contributed by atoms with van der Waals surface area (Å²) >= 11 is 1.27. The number of carbonyl (C=O) groups is 1. The Morgan fingerprint density at radius 2 is 1.82 bits per heavy atom. The Morgan fingerprint density at radius 3 is 2.48 bits per heavy atom. The summed E-state index contributed by atoms with van der Waals surface area (Å²) in [6, 6.07) is 19.8. The van der Waals surface area contributed by atoms with Crippen molar-refractivity contribution in [2.45, 2.75) is 28.0 Å². The second-order valence-electron chi connectivity index (χ2n) is 7.57. The average molecular weight is 484 g/mol. The SMILES string of the molecule is COc1cccc(NC(=O)[C@@H](Sc2ccc(S(=O)(=O)N3CCCC3)cn2)c2ccccc2)c1. The highest BCUT2D eigenvalue weighted by Gasteiger charge is 2.28. The second-order valence-corrected chi connectivity index (χ2v) is 10.6. The lowest BCUT2D eigenvalue weighted by Gasteiger charge is -2.18. The van der Waals surface area contributed by atoms with Crippen LogP contribution in [0.3, 0.4) is 0 Å². The smallest absolute Gasteiger partial charge is 0.244 e. The minimum absolute atomic E-state index is 0.172. The van der Waals surface area contributed by atoms with Crippen molar-refractivity contribution in [1.29, 1.82) is 0 Å². The first-order valence-corrected chi connectivity index (χ1v) is 12.9. The van der Waals surface area contributed by atoms with E-state index in [0.717, 1.165) is 18.4 Å². The van der Waals surface area contributed by atoms with Crippen molar-refractivity contribution in [2.75, 3.05) is 25.5 Å². The second kappa shape index (κ2) is 10.4. The van der Waals surface area contributed by atoms with E-state index in [1.165, 1.54) is 22.3 Å². The van der Waals surface area contributed by atoms with E-state index in [2.05, 4.69) is 10.3 Å². The molecule has 1 aliphatic heterocycles. The standard InChI is InChI=1S/C24H25N3O4S2/c1-31-20-11-7-10-19(16-20)26-24(28)23(18-8-3-2-4-9-18)32-22-13-12-21(17-25-22)33(29,30)27-14-5-6-15-27/h2-4,7-13,16-17,23H,5-6,14-15H2,1H3,(H,26,28)/t23-/m0/s1. The number of pyridine rings is 1. The molecule has 33 heavy (non-hydrogen) atoms. The van der Waals surface area contributed by atoms with Crippen LogP contribution in [0.4, 0.5) is 5.69 Å². The zero-order chi connectivity index (χ0) is 23.3. The van der Waals surface area contributed by atoms with Crippen molar-refractivity contribution >= 4 is 33.4 Å². The van der Waals surface area contributed by atoms with Gasteiger partial charge in [-0.15, -0.1) is 0 Å². The molecule has 1 N–H and O–H groups in total. The van der Waals surface area contributed by atoms with Gasteiger partial charge in [-0.05, 0) is 42.7 Å². The average Bonchev–Trinajstić information content (AvgIpc) is 3.39. The van der Waals surface area contributed by atoms with Crippen molar-refractivity contribution in [3.8, 4) is 5.75 Å². The zero-order valence-corrected chi connectivity index (χ0v) is 19.8. The van der Waals surface area contributed by atoms with E-state index in [1.54, 1.807) is 43.5 Å². The molecule has 0 radical (unpaired) electrons. The van der Waals surface area contributed by atoms with Gasteiger partial charge >= 0.3 is 0 Å². The van der Waals surface area contributed by atoms with E-state index < -0.39 is 15.3 Å². The van der Waals surface area contributed by atoms with Crippen LogP contribution in [-0.4, -0.2) is 43.8 Å². The van der Waals surface area contributed by atoms with Gasteiger partial charge in [0.25, 0.3) is 0 Å². The summed E-state index contributed by atoms with van der Waals surface area (Å²) in [6.45, 7) is 1.08. The van der Waals surface area contributed by atoms with Crippen LogP contribution in [0.2, 0.25) is 0 Å². The van der Waals surface area contributed by atoms with Gasteiger partial charge in [0.1, 0.15) is 15.9 Å². The molecule has 0 saturated carbocycles. The summed E-state index contributed by atoms with van der Waals surface area (Å²) in [6.07, 6.45) is 3.13. The molecule has 7 nitrogen and oxygen atoms in total. The number of thioether (sulfide) groups is 1. The first-order chi connectivity index (χ1) is 16.0. The number of carbonyl (C=O) groups excluding carboxylic acids is 1. The molecule has 1 aromatic heterocycles. The van der Waals surface area contributed by atoms with Gasteiger partial charge in [0.05, 0.1) is 12.1 Å². The lowest BCUT2D eigenvalue weighted by molar-refractivity contribution is -0.115. The summed E-state index contributed by atoms with van der Waals surface area (Å²) in [5.41, 5.74) is 1.44. The van der Waals surface area contributed by atoms with Crippen molar-refractivity contribution < 1.29 is 17.9 Å². The number of rotatable bonds is 8. The van der Waals surface area contributed by atoms with Crippen LogP contribution in [-0.2, 0) is 14.8 Å². The first kappa shape index (κ1) is 23.3. The van der Waals surface area contributed by atoms with E-state index in [4.69, 9.17) is 4.74 Å². The molecule has 0 aliphatic carbocycles. The van der Waals surface area contributed by atoms with E-state index in [9.17, 15) is 13.2 Å². The van der Waals surface area contributed by atoms with Crippen LogP contribution in [0.1, 0.15) is 23.7 Å². The molecule has 1 aliphatic rings. The third kappa shape index (κ3) is 5.55. The molecule has 1 amide bonds. The third-order valence-corrected chi connectivity index (χ3v) is 8.42. The molecule has 0 spiro atoms. The van der Waals surface area contributed by atoms with Crippen LogP contribution >= 0.6 is 11.8 Å². The summed E-state index contributed by atoms with van der Waals surface area (Å²) < 4.78 is 32.2. The number of methoxy groups -OCH3 is 1. The monoisotopic (exact) mass is 483 g/mol. The summed E-state index contributed by atoms with van der Waals surface area (Å²) in [5, 5.41) is 2.92. The Hall–Kier alpha value is -2.88. The van der Waals surface area contributed by atoms with Gasteiger partial charge in [-0.3, -0.25) is 4.79 Å². The minimum Gasteiger partial charge on any atom is -0.497 e. The highest BCUT2D eigenvalue weighted by atomic mass is 32.2. The van der Waals surface area contributed by atoms with Crippen LogP contribution in [0.5, 0.6) is 5.75 Å². The van der Waals surface area contributed by atoms with E-state index in [-0.39, 0.29) is 10.8 Å². The molecule has 172 valence electrons. The Bertz CT molecular complexity index is 1200. The molecule has 0 unspecified atom stereocenters. The maximum atomic E-state index is 13.2. The van der Waals surface area contributed by atoms with Gasteiger partial charge in [-0.1, -0.05) is 48.2 Å². The van der Waals surface area contributed by atoms with Crippen molar-refractivity contribution in [3.05, 3.63) is 78.5 Å². The zero-order valence-electron chi connectivity index (χ0n) is 18.2.